The smallest absolute Gasteiger partial charge is 0.461 e. The van der Waals surface area contributed by atoms with Crippen molar-refractivity contribution in [2.75, 3.05) is 39.5 Å². The van der Waals surface area contributed by atoms with Crippen molar-refractivity contribution in [3.63, 3.8) is 0 Å². The number of alkyl halides is 7. The van der Waals surface area contributed by atoms with E-state index in [1.54, 1.807) is 0 Å². The van der Waals surface area contributed by atoms with Crippen LogP contribution in [0.15, 0.2) is 0 Å². The molecule has 0 aromatic heterocycles. The highest BCUT2D eigenvalue weighted by molar-refractivity contribution is 7.90. The van der Waals surface area contributed by atoms with E-state index in [2.05, 4.69) is 0 Å². The summed E-state index contributed by atoms with van der Waals surface area (Å²) in [5.41, 5.74) is 0. The Labute approximate surface area is 151 Å². The highest BCUT2D eigenvalue weighted by Gasteiger charge is 2.78. The third-order valence-electron chi connectivity index (χ3n) is 3.45. The minimum atomic E-state index is -6.79. The molecule has 0 aromatic carbocycles. The molecule has 0 saturated heterocycles. The Morgan fingerprint density at radius 3 is 1.74 bits per heavy atom. The number of hydrogen-bond donors (Lipinski definition) is 1. The van der Waals surface area contributed by atoms with E-state index in [9.17, 15) is 52.1 Å². The van der Waals surface area contributed by atoms with E-state index < -0.39 is 49.8 Å². The number of rotatable bonds is 11. The first-order valence-electron chi connectivity index (χ1n) is 7.23. The van der Waals surface area contributed by atoms with Gasteiger partial charge in [-0.15, -0.1) is 0 Å². The minimum absolute atomic E-state index is 0.0202. The molecule has 0 radical (unpaired) electrons. The summed E-state index contributed by atoms with van der Waals surface area (Å²) < 4.78 is 143. The summed E-state index contributed by atoms with van der Waals surface area (Å²) in [5, 5.41) is -6.41. The lowest BCUT2D eigenvalue weighted by Gasteiger charge is -2.30. The number of sulfonamides is 1. The van der Waals surface area contributed by atoms with Gasteiger partial charge in [-0.3, -0.25) is 0 Å². The monoisotopic (exact) mass is 456 g/mol. The average molecular weight is 456 g/mol. The van der Waals surface area contributed by atoms with E-state index in [0.29, 0.717) is 0 Å². The summed E-state index contributed by atoms with van der Waals surface area (Å²) in [6.07, 6.45) is -7.05. The molecule has 0 aromatic rings. The van der Waals surface area contributed by atoms with Crippen molar-refractivity contribution in [1.82, 2.24) is 4.72 Å². The maximum atomic E-state index is 13.2. The Morgan fingerprint density at radius 1 is 0.889 bits per heavy atom. The van der Waals surface area contributed by atoms with Crippen LogP contribution in [-0.2, 0) is 20.1 Å². The van der Waals surface area contributed by atoms with Gasteiger partial charge in [-0.1, -0.05) is 0 Å². The van der Waals surface area contributed by atoms with Crippen molar-refractivity contribution >= 4 is 20.1 Å². The van der Waals surface area contributed by atoms with E-state index in [1.165, 1.54) is 14.1 Å². The Kier molecular flexibility index (Phi) is 8.12. The molecule has 0 bridgehead atoms. The molecule has 0 aliphatic rings. The first-order chi connectivity index (χ1) is 11.7. The van der Waals surface area contributed by atoms with Crippen LogP contribution in [0.25, 0.3) is 0 Å². The number of hydrogen-bond acceptors (Lipinski definition) is 5. The fourth-order valence-corrected chi connectivity index (χ4v) is 3.45. The summed E-state index contributed by atoms with van der Waals surface area (Å²) >= 11 is 0. The van der Waals surface area contributed by atoms with Gasteiger partial charge < -0.3 is 9.04 Å². The van der Waals surface area contributed by atoms with Crippen LogP contribution in [0, 0.1) is 0 Å². The zero-order valence-corrected chi connectivity index (χ0v) is 15.8. The molecule has 0 saturated carbocycles. The van der Waals surface area contributed by atoms with Crippen molar-refractivity contribution < 1.29 is 56.6 Å². The van der Waals surface area contributed by atoms with Crippen LogP contribution in [0.3, 0.4) is 0 Å². The van der Waals surface area contributed by atoms with Gasteiger partial charge in [-0.25, -0.2) is 21.6 Å². The number of halogens is 7. The van der Waals surface area contributed by atoms with Crippen molar-refractivity contribution in [3.05, 3.63) is 0 Å². The van der Waals surface area contributed by atoms with Gasteiger partial charge in [-0.05, 0) is 0 Å². The molecule has 0 aliphatic carbocycles. The van der Waals surface area contributed by atoms with Crippen molar-refractivity contribution in [3.8, 4) is 0 Å². The summed E-state index contributed by atoms with van der Waals surface area (Å²) in [6, 6.07) is 0. The zero-order valence-electron chi connectivity index (χ0n) is 14.2. The number of nitrogens with one attached hydrogen (secondary N) is 1. The Balaban J connectivity index is 4.76. The molecule has 164 valence electrons. The molecule has 16 heteroatoms. The van der Waals surface area contributed by atoms with Crippen LogP contribution < -0.4 is 4.72 Å². The zero-order chi connectivity index (χ0) is 21.9. The van der Waals surface area contributed by atoms with Gasteiger partial charge in [0.2, 0.25) is 0 Å². The highest BCUT2D eigenvalue weighted by Crippen LogP contribution is 2.48. The first-order valence-corrected chi connectivity index (χ1v) is 10.3. The normalized spacial score (nSPS) is 15.2. The van der Waals surface area contributed by atoms with E-state index in [0.717, 1.165) is 4.72 Å². The standard InChI is InChI=1S/C11H19F7N2O5S2/c1-20(2,7-4-8-26(21,22)23)6-3-5-19-27(24,25)11(17,18)9(12,13)10(14,15)16/h19H,3-8H2,1-2H3. The molecule has 0 fully saturated rings. The van der Waals surface area contributed by atoms with E-state index in [4.69, 9.17) is 0 Å². The van der Waals surface area contributed by atoms with Crippen molar-refractivity contribution in [1.29, 1.82) is 0 Å². The quantitative estimate of drug-likeness (QED) is 0.217. The van der Waals surface area contributed by atoms with Crippen LogP contribution in [0.1, 0.15) is 12.8 Å². The highest BCUT2D eigenvalue weighted by atomic mass is 32.2. The molecule has 0 heterocycles. The molecule has 27 heavy (non-hydrogen) atoms. The Bertz CT molecular complexity index is 705. The molecular formula is C11H19F7N2O5S2. The molecule has 0 atom stereocenters. The molecule has 0 amide bonds. The van der Waals surface area contributed by atoms with Crippen LogP contribution in [0.5, 0.6) is 0 Å². The van der Waals surface area contributed by atoms with Crippen LogP contribution in [0.2, 0.25) is 0 Å². The van der Waals surface area contributed by atoms with Crippen LogP contribution in [0.4, 0.5) is 30.7 Å². The second-order valence-electron chi connectivity index (χ2n) is 6.34. The predicted octanol–water partition coefficient (Wildman–Crippen LogP) is 1.10. The predicted molar refractivity (Wildman–Crippen MR) is 78.5 cm³/mol. The van der Waals surface area contributed by atoms with Gasteiger partial charge in [0.1, 0.15) is 0 Å². The first kappa shape index (κ1) is 26.3. The second kappa shape index (κ2) is 8.34. The molecule has 0 unspecified atom stereocenters. The molecule has 0 spiro atoms. The topological polar surface area (TPSA) is 103 Å². The molecule has 7 nitrogen and oxygen atoms in total. The van der Waals surface area contributed by atoms with Crippen LogP contribution >= 0.6 is 0 Å². The van der Waals surface area contributed by atoms with Gasteiger partial charge in [0.15, 0.2) is 0 Å². The van der Waals surface area contributed by atoms with Crippen molar-refractivity contribution in [2.24, 2.45) is 0 Å². The van der Waals surface area contributed by atoms with Crippen molar-refractivity contribution in [2.45, 2.75) is 30.2 Å². The average Bonchev–Trinajstić information content (AvgIpc) is 2.40. The number of nitrogens with zero attached hydrogens (tertiary/aromatic N) is 1. The number of quaternary nitrogens is 1. The third-order valence-corrected chi connectivity index (χ3v) is 5.75. The van der Waals surface area contributed by atoms with Crippen LogP contribution in [-0.4, -0.2) is 82.7 Å². The lowest BCUT2D eigenvalue weighted by Crippen LogP contribution is -2.59. The Morgan fingerprint density at radius 2 is 1.33 bits per heavy atom. The Hall–Kier alpha value is -0.710. The summed E-state index contributed by atoms with van der Waals surface area (Å²) in [5.74, 6) is -7.44. The maximum Gasteiger partial charge on any atom is 0.461 e. The second-order valence-corrected chi connectivity index (χ2v) is 9.67. The maximum absolute atomic E-state index is 13.2. The molecule has 0 aliphatic heterocycles. The van der Waals surface area contributed by atoms with E-state index in [-0.39, 0.29) is 30.4 Å². The third kappa shape index (κ3) is 7.32. The van der Waals surface area contributed by atoms with Gasteiger partial charge in [-0.2, -0.15) is 30.7 Å². The fourth-order valence-electron chi connectivity index (χ4n) is 1.92. The SMILES string of the molecule is C[N+](C)(CCCNS(=O)(=O)C(F)(F)C(F)(F)C(F)(F)F)CCCS(=O)(=O)[O-]. The lowest BCUT2D eigenvalue weighted by molar-refractivity contribution is -0.890. The minimum Gasteiger partial charge on any atom is -0.748 e. The lowest BCUT2D eigenvalue weighted by atomic mass is 10.3. The fraction of sp³-hybridized carbons (Fsp3) is 1.00. The molecular weight excluding hydrogens is 437 g/mol. The molecule has 1 N–H and O–H groups in total. The van der Waals surface area contributed by atoms with Gasteiger partial charge >= 0.3 is 17.4 Å². The van der Waals surface area contributed by atoms with Gasteiger partial charge in [0, 0.05) is 25.1 Å². The van der Waals surface area contributed by atoms with E-state index >= 15 is 0 Å². The summed E-state index contributed by atoms with van der Waals surface area (Å²) in [4.78, 5) is 0. The summed E-state index contributed by atoms with van der Waals surface area (Å²) in [6.45, 7) is -0.688. The summed E-state index contributed by atoms with van der Waals surface area (Å²) in [7, 11) is -7.71. The molecule has 0 rings (SSSR count). The largest absolute Gasteiger partial charge is 0.748 e. The van der Waals surface area contributed by atoms with Gasteiger partial charge in [0.05, 0.1) is 37.3 Å². The van der Waals surface area contributed by atoms with Gasteiger partial charge in [0.25, 0.3) is 10.0 Å². The van der Waals surface area contributed by atoms with E-state index in [1.807, 2.05) is 0 Å².